The molecule has 0 fully saturated rings. The van der Waals surface area contributed by atoms with E-state index >= 15 is 0 Å². The molecule has 0 aliphatic rings. The Morgan fingerprint density at radius 1 is 1.28 bits per heavy atom. The van der Waals surface area contributed by atoms with Crippen molar-refractivity contribution < 1.29 is 14.3 Å². The Morgan fingerprint density at radius 2 is 1.89 bits per heavy atom. The number of hydrogen-bond acceptors (Lipinski definition) is 5. The Morgan fingerprint density at radius 3 is 2.39 bits per heavy atom. The fourth-order valence-corrected chi connectivity index (χ4v) is 1.79. The molecule has 98 valence electrons. The minimum absolute atomic E-state index is 0.229. The number of benzene rings is 1. The molecule has 1 aromatic carbocycles. The molecule has 0 heterocycles. The number of ether oxygens (including phenoxy) is 2. The van der Waals surface area contributed by atoms with Crippen LogP contribution >= 0.6 is 11.8 Å². The molecule has 1 rings (SSSR count). The van der Waals surface area contributed by atoms with E-state index in [1.165, 1.54) is 32.1 Å². The lowest BCUT2D eigenvalue weighted by molar-refractivity contribution is -0.151. The van der Waals surface area contributed by atoms with Crippen LogP contribution in [0.5, 0.6) is 0 Å². The number of thioether (sulfide) groups is 1. The summed E-state index contributed by atoms with van der Waals surface area (Å²) in [7, 11) is 2.87. The predicted octanol–water partition coefficient (Wildman–Crippen LogP) is 2.49. The molecule has 0 saturated carbocycles. The molecular formula is C13H17NO3S. The number of carbonyl (C=O) groups excluding carboxylic acids is 1. The third kappa shape index (κ3) is 4.52. The van der Waals surface area contributed by atoms with Crippen molar-refractivity contribution in [1.82, 2.24) is 0 Å². The molecule has 18 heavy (non-hydrogen) atoms. The Balaban J connectivity index is 2.74. The van der Waals surface area contributed by atoms with Crippen LogP contribution < -0.4 is 5.32 Å². The van der Waals surface area contributed by atoms with E-state index in [0.717, 1.165) is 10.7 Å². The molecule has 0 saturated heterocycles. The van der Waals surface area contributed by atoms with E-state index in [9.17, 15) is 4.79 Å². The minimum Gasteiger partial charge on any atom is -0.350 e. The van der Waals surface area contributed by atoms with E-state index in [2.05, 4.69) is 5.32 Å². The molecule has 0 aliphatic heterocycles. The van der Waals surface area contributed by atoms with Crippen LogP contribution in [0.1, 0.15) is 0 Å². The molecule has 1 aromatic rings. The van der Waals surface area contributed by atoms with E-state index in [-0.39, 0.29) is 5.78 Å². The minimum atomic E-state index is -0.857. The number of ketones is 1. The van der Waals surface area contributed by atoms with Gasteiger partial charge in [0, 0.05) is 26.0 Å². The Bertz CT molecular complexity index is 402. The monoisotopic (exact) mass is 267 g/mol. The van der Waals surface area contributed by atoms with Gasteiger partial charge in [-0.3, -0.25) is 4.79 Å². The topological polar surface area (TPSA) is 47.6 Å². The van der Waals surface area contributed by atoms with Gasteiger partial charge in [-0.25, -0.2) is 0 Å². The van der Waals surface area contributed by atoms with Crippen LogP contribution in [0.3, 0.4) is 0 Å². The van der Waals surface area contributed by atoms with E-state index in [0.29, 0.717) is 0 Å². The number of para-hydroxylation sites is 1. The van der Waals surface area contributed by atoms with Gasteiger partial charge in [0.1, 0.15) is 0 Å². The van der Waals surface area contributed by atoms with Crippen molar-refractivity contribution in [2.45, 2.75) is 6.29 Å². The lowest BCUT2D eigenvalue weighted by atomic mass is 10.3. The summed E-state index contributed by atoms with van der Waals surface area (Å²) in [6, 6.07) is 9.65. The number of carbonyl (C=O) groups is 1. The zero-order valence-electron chi connectivity index (χ0n) is 10.7. The van der Waals surface area contributed by atoms with Crippen LogP contribution in [0.2, 0.25) is 0 Å². The smallest absolute Gasteiger partial charge is 0.221 e. The van der Waals surface area contributed by atoms with Gasteiger partial charge in [0.25, 0.3) is 0 Å². The van der Waals surface area contributed by atoms with Gasteiger partial charge < -0.3 is 14.8 Å². The molecule has 4 nitrogen and oxygen atoms in total. The second-order valence-corrected chi connectivity index (χ2v) is 4.26. The lowest BCUT2D eigenvalue weighted by Crippen LogP contribution is -2.23. The van der Waals surface area contributed by atoms with E-state index in [1.54, 1.807) is 0 Å². The molecule has 0 atom stereocenters. The number of methoxy groups -OCH3 is 2. The van der Waals surface area contributed by atoms with E-state index in [4.69, 9.17) is 9.47 Å². The van der Waals surface area contributed by atoms with Gasteiger partial charge >= 0.3 is 0 Å². The number of rotatable bonds is 7. The second-order valence-electron chi connectivity index (χ2n) is 3.41. The third-order valence-corrected chi connectivity index (χ3v) is 2.85. The van der Waals surface area contributed by atoms with Crippen LogP contribution in [0, 0.1) is 0 Å². The molecule has 0 aliphatic carbocycles. The largest absolute Gasteiger partial charge is 0.350 e. The van der Waals surface area contributed by atoms with Crippen LogP contribution in [-0.4, -0.2) is 32.5 Å². The maximum absolute atomic E-state index is 11.8. The van der Waals surface area contributed by atoms with Crippen molar-refractivity contribution in [3.05, 3.63) is 41.4 Å². The van der Waals surface area contributed by atoms with Crippen LogP contribution in [0.15, 0.2) is 41.4 Å². The van der Waals surface area contributed by atoms with Gasteiger partial charge in [-0.1, -0.05) is 18.2 Å². The van der Waals surface area contributed by atoms with Gasteiger partial charge in [-0.2, -0.15) is 0 Å². The number of hydrogen-bond donors (Lipinski definition) is 1. The first kappa shape index (κ1) is 14.8. The second kappa shape index (κ2) is 7.92. The van der Waals surface area contributed by atoms with Crippen LogP contribution in [0.4, 0.5) is 5.69 Å². The third-order valence-electron chi connectivity index (χ3n) is 2.20. The van der Waals surface area contributed by atoms with Crippen molar-refractivity contribution in [3.8, 4) is 0 Å². The highest BCUT2D eigenvalue weighted by Crippen LogP contribution is 2.17. The highest BCUT2D eigenvalue weighted by Gasteiger charge is 2.14. The Labute approximate surface area is 111 Å². The van der Waals surface area contributed by atoms with Gasteiger partial charge in [0.15, 0.2) is 0 Å². The van der Waals surface area contributed by atoms with Crippen LogP contribution in [-0.2, 0) is 14.3 Å². The average molecular weight is 267 g/mol. The Kier molecular flexibility index (Phi) is 6.49. The highest BCUT2D eigenvalue weighted by molar-refractivity contribution is 8.02. The van der Waals surface area contributed by atoms with Gasteiger partial charge in [-0.15, -0.1) is 11.8 Å². The van der Waals surface area contributed by atoms with E-state index in [1.807, 2.05) is 36.6 Å². The van der Waals surface area contributed by atoms with Gasteiger partial charge in [0.2, 0.25) is 12.1 Å². The molecule has 0 radical (unpaired) electrons. The Hall–Kier alpha value is -1.30. The summed E-state index contributed by atoms with van der Waals surface area (Å²) >= 11 is 1.45. The first-order chi connectivity index (χ1) is 8.71. The van der Waals surface area contributed by atoms with Gasteiger partial charge in [0.05, 0.1) is 5.03 Å². The van der Waals surface area contributed by atoms with Crippen molar-refractivity contribution >= 4 is 23.2 Å². The standard InChI is InChI=1S/C13H17NO3S/c1-16-13(17-2)11(15)9-12(18-3)14-10-7-5-4-6-8-10/h4-9,13-14H,1-3H3. The van der Waals surface area contributed by atoms with Crippen molar-refractivity contribution in [3.63, 3.8) is 0 Å². The molecule has 0 amide bonds. The first-order valence-corrected chi connectivity index (χ1v) is 6.61. The average Bonchev–Trinajstić information content (AvgIpc) is 2.40. The number of nitrogens with one attached hydrogen (secondary N) is 1. The summed E-state index contributed by atoms with van der Waals surface area (Å²) in [6.45, 7) is 0. The number of anilines is 1. The fourth-order valence-electron chi connectivity index (χ4n) is 1.34. The SMILES string of the molecule is COC(OC)C(=O)C=C(Nc1ccccc1)SC. The molecular weight excluding hydrogens is 250 g/mol. The molecule has 0 aromatic heterocycles. The van der Waals surface area contributed by atoms with Crippen molar-refractivity contribution in [2.24, 2.45) is 0 Å². The molecule has 0 bridgehead atoms. The molecule has 5 heteroatoms. The summed E-state index contributed by atoms with van der Waals surface area (Å²) in [4.78, 5) is 11.8. The highest BCUT2D eigenvalue weighted by atomic mass is 32.2. The molecule has 0 spiro atoms. The normalized spacial score (nSPS) is 11.7. The summed E-state index contributed by atoms with van der Waals surface area (Å²) in [6.07, 6.45) is 2.52. The van der Waals surface area contributed by atoms with E-state index < -0.39 is 6.29 Å². The van der Waals surface area contributed by atoms with Crippen molar-refractivity contribution in [2.75, 3.05) is 25.8 Å². The van der Waals surface area contributed by atoms with Crippen LogP contribution in [0.25, 0.3) is 0 Å². The zero-order chi connectivity index (χ0) is 13.4. The maximum Gasteiger partial charge on any atom is 0.221 e. The molecule has 0 unspecified atom stereocenters. The fraction of sp³-hybridized carbons (Fsp3) is 0.308. The maximum atomic E-state index is 11.8. The first-order valence-electron chi connectivity index (χ1n) is 5.38. The zero-order valence-corrected chi connectivity index (χ0v) is 11.5. The van der Waals surface area contributed by atoms with Gasteiger partial charge in [-0.05, 0) is 18.4 Å². The summed E-state index contributed by atoms with van der Waals surface area (Å²) in [5, 5.41) is 3.90. The summed E-state index contributed by atoms with van der Waals surface area (Å²) < 4.78 is 9.81. The predicted molar refractivity (Wildman–Crippen MR) is 74.5 cm³/mol. The van der Waals surface area contributed by atoms with Crippen molar-refractivity contribution in [1.29, 1.82) is 0 Å². The quantitative estimate of drug-likeness (QED) is 0.607. The summed E-state index contributed by atoms with van der Waals surface area (Å²) in [5.74, 6) is -0.229. The molecule has 1 N–H and O–H groups in total. The lowest BCUT2D eigenvalue weighted by Gasteiger charge is -2.12. The summed E-state index contributed by atoms with van der Waals surface area (Å²) in [5.41, 5.74) is 0.928.